The van der Waals surface area contributed by atoms with Crippen molar-refractivity contribution in [3.8, 4) is 0 Å². The van der Waals surface area contributed by atoms with Gasteiger partial charge in [-0.3, -0.25) is 0 Å². The van der Waals surface area contributed by atoms with Crippen LogP contribution in [0.25, 0.3) is 0 Å². The van der Waals surface area contributed by atoms with Gasteiger partial charge >= 0.3 is 0 Å². The molecule has 0 fully saturated rings. The molecule has 3 heteroatoms. The van der Waals surface area contributed by atoms with E-state index in [2.05, 4.69) is 12.2 Å². The number of rotatable bonds is 16. The first-order valence-electron chi connectivity index (χ1n) is 8.81. The SMILES string of the molecule is CCCCCCCCCCCCCCNCC(O)CO. The highest BCUT2D eigenvalue weighted by molar-refractivity contribution is 4.57. The molecule has 0 rings (SSSR count). The van der Waals surface area contributed by atoms with E-state index in [1.165, 1.54) is 77.0 Å². The van der Waals surface area contributed by atoms with Gasteiger partial charge in [-0.1, -0.05) is 77.6 Å². The molecule has 0 saturated heterocycles. The Kier molecular flexibility index (Phi) is 16.8. The van der Waals surface area contributed by atoms with Gasteiger partial charge in [0.25, 0.3) is 0 Å². The van der Waals surface area contributed by atoms with Crippen LogP contribution in [0.2, 0.25) is 0 Å². The van der Waals surface area contributed by atoms with E-state index in [1.807, 2.05) is 0 Å². The van der Waals surface area contributed by atoms with Gasteiger partial charge in [0.1, 0.15) is 0 Å². The molecule has 0 aliphatic rings. The minimum absolute atomic E-state index is 0.147. The molecule has 0 heterocycles. The van der Waals surface area contributed by atoms with Gasteiger partial charge in [-0.2, -0.15) is 0 Å². The second-order valence-corrected chi connectivity index (χ2v) is 5.93. The summed E-state index contributed by atoms with van der Waals surface area (Å²) in [6.45, 7) is 3.58. The smallest absolute Gasteiger partial charge is 0.0894 e. The van der Waals surface area contributed by atoms with Crippen molar-refractivity contribution in [3.05, 3.63) is 0 Å². The molecule has 3 nitrogen and oxygen atoms in total. The topological polar surface area (TPSA) is 52.5 Å². The molecule has 0 aliphatic carbocycles. The van der Waals surface area contributed by atoms with Gasteiger partial charge in [0.15, 0.2) is 0 Å². The zero-order valence-corrected chi connectivity index (χ0v) is 13.6. The third kappa shape index (κ3) is 15.9. The molecule has 0 aliphatic heterocycles. The highest BCUT2D eigenvalue weighted by atomic mass is 16.3. The van der Waals surface area contributed by atoms with Gasteiger partial charge in [0.05, 0.1) is 12.7 Å². The van der Waals surface area contributed by atoms with E-state index in [4.69, 9.17) is 10.2 Å². The van der Waals surface area contributed by atoms with E-state index in [0.717, 1.165) is 6.54 Å². The molecule has 0 aromatic rings. The second kappa shape index (κ2) is 16.9. The molecule has 0 radical (unpaired) electrons. The first kappa shape index (κ1) is 19.9. The fourth-order valence-corrected chi connectivity index (χ4v) is 2.42. The Morgan fingerprint density at radius 1 is 0.750 bits per heavy atom. The Balaban J connectivity index is 2.96. The molecular weight excluding hydrogens is 250 g/mol. The van der Waals surface area contributed by atoms with Crippen molar-refractivity contribution in [2.75, 3.05) is 19.7 Å². The lowest BCUT2D eigenvalue weighted by Crippen LogP contribution is -2.29. The lowest BCUT2D eigenvalue weighted by molar-refractivity contribution is 0.0945. The van der Waals surface area contributed by atoms with Crippen LogP contribution in [0.4, 0.5) is 0 Å². The van der Waals surface area contributed by atoms with E-state index in [-0.39, 0.29) is 6.61 Å². The summed E-state index contributed by atoms with van der Waals surface area (Å²) in [5.74, 6) is 0. The van der Waals surface area contributed by atoms with E-state index >= 15 is 0 Å². The highest BCUT2D eigenvalue weighted by Crippen LogP contribution is 2.11. The van der Waals surface area contributed by atoms with Gasteiger partial charge in [0.2, 0.25) is 0 Å². The zero-order chi connectivity index (χ0) is 14.9. The largest absolute Gasteiger partial charge is 0.394 e. The van der Waals surface area contributed by atoms with Crippen molar-refractivity contribution in [1.29, 1.82) is 0 Å². The molecule has 0 saturated carbocycles. The maximum Gasteiger partial charge on any atom is 0.0894 e. The number of aliphatic hydroxyl groups excluding tert-OH is 2. The summed E-state index contributed by atoms with van der Waals surface area (Å²) in [7, 11) is 0. The summed E-state index contributed by atoms with van der Waals surface area (Å²) in [5, 5.41) is 20.9. The Bertz CT molecular complexity index is 176. The maximum absolute atomic E-state index is 9.14. The molecule has 1 atom stereocenters. The zero-order valence-electron chi connectivity index (χ0n) is 13.6. The third-order valence-corrected chi connectivity index (χ3v) is 3.80. The van der Waals surface area contributed by atoms with Gasteiger partial charge in [-0.05, 0) is 13.0 Å². The molecule has 1 unspecified atom stereocenters. The van der Waals surface area contributed by atoms with Crippen LogP contribution in [0.1, 0.15) is 84.0 Å². The fourth-order valence-electron chi connectivity index (χ4n) is 2.42. The maximum atomic E-state index is 9.14. The van der Waals surface area contributed by atoms with Crippen molar-refractivity contribution in [3.63, 3.8) is 0 Å². The number of nitrogens with one attached hydrogen (secondary N) is 1. The third-order valence-electron chi connectivity index (χ3n) is 3.80. The minimum Gasteiger partial charge on any atom is -0.394 e. The first-order valence-corrected chi connectivity index (χ1v) is 8.81. The predicted molar refractivity (Wildman–Crippen MR) is 87.0 cm³/mol. The summed E-state index contributed by atoms with van der Waals surface area (Å²) in [4.78, 5) is 0. The fraction of sp³-hybridized carbons (Fsp3) is 1.00. The Morgan fingerprint density at radius 2 is 1.20 bits per heavy atom. The van der Waals surface area contributed by atoms with Gasteiger partial charge < -0.3 is 15.5 Å². The second-order valence-electron chi connectivity index (χ2n) is 5.93. The van der Waals surface area contributed by atoms with Crippen LogP contribution < -0.4 is 5.32 Å². The van der Waals surface area contributed by atoms with Crippen LogP contribution in [0.5, 0.6) is 0 Å². The molecule has 20 heavy (non-hydrogen) atoms. The van der Waals surface area contributed by atoms with Gasteiger partial charge in [-0.15, -0.1) is 0 Å². The van der Waals surface area contributed by atoms with Crippen molar-refractivity contribution in [2.24, 2.45) is 0 Å². The molecule has 122 valence electrons. The van der Waals surface area contributed by atoms with Crippen LogP contribution in [0.15, 0.2) is 0 Å². The molecule has 0 amide bonds. The summed E-state index contributed by atoms with van der Waals surface area (Å²) in [5.41, 5.74) is 0. The lowest BCUT2D eigenvalue weighted by atomic mass is 10.1. The summed E-state index contributed by atoms with van der Waals surface area (Å²) >= 11 is 0. The normalized spacial score (nSPS) is 12.8. The van der Waals surface area contributed by atoms with Crippen molar-refractivity contribution in [2.45, 2.75) is 90.1 Å². The van der Waals surface area contributed by atoms with E-state index in [9.17, 15) is 0 Å². The number of hydrogen-bond acceptors (Lipinski definition) is 3. The number of unbranched alkanes of at least 4 members (excludes halogenated alkanes) is 11. The van der Waals surface area contributed by atoms with E-state index in [1.54, 1.807) is 0 Å². The summed E-state index contributed by atoms with van der Waals surface area (Å²) in [6, 6.07) is 0. The number of hydrogen-bond donors (Lipinski definition) is 3. The molecule has 0 spiro atoms. The minimum atomic E-state index is -0.604. The molecule has 3 N–H and O–H groups in total. The number of aliphatic hydroxyl groups is 2. The predicted octanol–water partition coefficient (Wildman–Crippen LogP) is 3.63. The van der Waals surface area contributed by atoms with Crippen LogP contribution in [0.3, 0.4) is 0 Å². The summed E-state index contributed by atoms with van der Waals surface area (Å²) in [6.07, 6.45) is 15.8. The lowest BCUT2D eigenvalue weighted by Gasteiger charge is -2.08. The van der Waals surface area contributed by atoms with E-state index < -0.39 is 6.10 Å². The first-order chi connectivity index (χ1) is 9.81. The molecular formula is C17H37NO2. The average molecular weight is 287 g/mol. The monoisotopic (exact) mass is 287 g/mol. The van der Waals surface area contributed by atoms with Gasteiger partial charge in [0, 0.05) is 6.54 Å². The van der Waals surface area contributed by atoms with Crippen molar-refractivity contribution < 1.29 is 10.2 Å². The van der Waals surface area contributed by atoms with E-state index in [0.29, 0.717) is 6.54 Å². The van der Waals surface area contributed by atoms with Crippen LogP contribution in [-0.2, 0) is 0 Å². The Hall–Kier alpha value is -0.120. The van der Waals surface area contributed by atoms with Crippen molar-refractivity contribution in [1.82, 2.24) is 5.32 Å². The van der Waals surface area contributed by atoms with Crippen LogP contribution >= 0.6 is 0 Å². The van der Waals surface area contributed by atoms with Crippen LogP contribution in [-0.4, -0.2) is 36.0 Å². The van der Waals surface area contributed by atoms with Gasteiger partial charge in [-0.25, -0.2) is 0 Å². The Labute approximate surface area is 126 Å². The van der Waals surface area contributed by atoms with Crippen molar-refractivity contribution >= 4 is 0 Å². The Morgan fingerprint density at radius 3 is 1.65 bits per heavy atom. The quantitative estimate of drug-likeness (QED) is 0.380. The highest BCUT2D eigenvalue weighted by Gasteiger charge is 1.99. The molecule has 0 aromatic heterocycles. The standard InChI is InChI=1S/C17H37NO2/c1-2-3-4-5-6-7-8-9-10-11-12-13-14-18-15-17(20)16-19/h17-20H,2-16H2,1H3. The average Bonchev–Trinajstić information content (AvgIpc) is 2.47. The van der Waals surface area contributed by atoms with Crippen LogP contribution in [0, 0.1) is 0 Å². The molecule has 0 bridgehead atoms. The summed E-state index contributed by atoms with van der Waals surface area (Å²) < 4.78 is 0. The molecule has 0 aromatic carbocycles.